The second kappa shape index (κ2) is 4.51. The van der Waals surface area contributed by atoms with Gasteiger partial charge in [-0.2, -0.15) is 0 Å². The summed E-state index contributed by atoms with van der Waals surface area (Å²) in [6.45, 7) is 1.69. The van der Waals surface area contributed by atoms with E-state index >= 15 is 0 Å². The van der Waals surface area contributed by atoms with Crippen LogP contribution in [0.1, 0.15) is 0 Å². The molecule has 3 rings (SSSR count). The molecule has 0 saturated carbocycles. The van der Waals surface area contributed by atoms with Crippen molar-refractivity contribution in [3.8, 4) is 0 Å². The Hall–Kier alpha value is -0.590. The molecule has 1 aromatic rings. The second-order valence-corrected chi connectivity index (χ2v) is 7.95. The Kier molecular flexibility index (Phi) is 3.11. The van der Waals surface area contributed by atoms with Crippen LogP contribution < -0.4 is 10.2 Å². The number of halogens is 1. The average molecular weight is 331 g/mol. The standard InChI is InChI=1S/C12H15BrN2O2S/c13-9-2-1-3-10(6-9)15-5-4-14-11-7-18(16,17)8-12(11)15/h1-3,6,11-12,14H,4-5,7-8H2. The molecule has 1 N–H and O–H groups in total. The Morgan fingerprint density at radius 3 is 2.94 bits per heavy atom. The van der Waals surface area contributed by atoms with Gasteiger partial charge in [-0.05, 0) is 18.2 Å². The molecule has 2 fully saturated rings. The zero-order valence-electron chi connectivity index (χ0n) is 9.84. The summed E-state index contributed by atoms with van der Waals surface area (Å²) < 4.78 is 24.6. The highest BCUT2D eigenvalue weighted by atomic mass is 79.9. The maximum Gasteiger partial charge on any atom is 0.153 e. The number of anilines is 1. The molecular formula is C12H15BrN2O2S. The summed E-state index contributed by atoms with van der Waals surface area (Å²) in [7, 11) is -2.90. The largest absolute Gasteiger partial charge is 0.365 e. The van der Waals surface area contributed by atoms with Crippen LogP contribution in [0.4, 0.5) is 5.69 Å². The van der Waals surface area contributed by atoms with Crippen LogP contribution >= 0.6 is 15.9 Å². The van der Waals surface area contributed by atoms with Gasteiger partial charge in [0.05, 0.1) is 17.5 Å². The van der Waals surface area contributed by atoms with Crippen molar-refractivity contribution in [2.75, 3.05) is 29.5 Å². The molecule has 0 aromatic heterocycles. The number of hydrogen-bond acceptors (Lipinski definition) is 4. The van der Waals surface area contributed by atoms with Gasteiger partial charge in [0.25, 0.3) is 0 Å². The summed E-state index contributed by atoms with van der Waals surface area (Å²) in [5.74, 6) is 0.527. The van der Waals surface area contributed by atoms with E-state index in [1.807, 2.05) is 24.3 Å². The number of nitrogens with one attached hydrogen (secondary N) is 1. The minimum absolute atomic E-state index is 0.0676. The molecule has 0 bridgehead atoms. The van der Waals surface area contributed by atoms with Crippen LogP contribution in [-0.4, -0.2) is 45.1 Å². The Morgan fingerprint density at radius 2 is 2.17 bits per heavy atom. The summed E-state index contributed by atoms with van der Waals surface area (Å²) in [5, 5.41) is 3.32. The van der Waals surface area contributed by atoms with E-state index in [1.54, 1.807) is 0 Å². The fourth-order valence-corrected chi connectivity index (χ4v) is 5.19. The highest BCUT2D eigenvalue weighted by Crippen LogP contribution is 2.28. The van der Waals surface area contributed by atoms with Crippen molar-refractivity contribution in [3.63, 3.8) is 0 Å². The zero-order chi connectivity index (χ0) is 12.8. The Labute approximate surface area is 115 Å². The summed E-state index contributed by atoms with van der Waals surface area (Å²) in [5.41, 5.74) is 1.10. The predicted molar refractivity (Wildman–Crippen MR) is 75.7 cm³/mol. The van der Waals surface area contributed by atoms with Crippen molar-refractivity contribution in [2.45, 2.75) is 12.1 Å². The Morgan fingerprint density at radius 1 is 1.33 bits per heavy atom. The first-order chi connectivity index (χ1) is 8.55. The van der Waals surface area contributed by atoms with Crippen molar-refractivity contribution in [2.24, 2.45) is 0 Å². The third-order valence-electron chi connectivity index (χ3n) is 3.62. The van der Waals surface area contributed by atoms with E-state index < -0.39 is 9.84 Å². The van der Waals surface area contributed by atoms with Crippen molar-refractivity contribution in [1.82, 2.24) is 5.32 Å². The molecule has 2 atom stereocenters. The smallest absolute Gasteiger partial charge is 0.153 e. The fourth-order valence-electron chi connectivity index (χ4n) is 2.84. The van der Waals surface area contributed by atoms with Crippen molar-refractivity contribution in [3.05, 3.63) is 28.7 Å². The predicted octanol–water partition coefficient (Wildman–Crippen LogP) is 1.02. The molecule has 18 heavy (non-hydrogen) atoms. The maximum atomic E-state index is 11.8. The molecule has 2 unspecified atom stereocenters. The van der Waals surface area contributed by atoms with E-state index in [4.69, 9.17) is 0 Å². The third-order valence-corrected chi connectivity index (χ3v) is 5.83. The number of hydrogen-bond donors (Lipinski definition) is 1. The number of fused-ring (bicyclic) bond motifs is 1. The number of benzene rings is 1. The quantitative estimate of drug-likeness (QED) is 0.835. The van der Waals surface area contributed by atoms with E-state index in [-0.39, 0.29) is 23.6 Å². The van der Waals surface area contributed by atoms with Gasteiger partial charge < -0.3 is 10.2 Å². The lowest BCUT2D eigenvalue weighted by Gasteiger charge is -2.39. The Balaban J connectivity index is 1.93. The lowest BCUT2D eigenvalue weighted by molar-refractivity contribution is 0.425. The van der Waals surface area contributed by atoms with Crippen LogP contribution in [-0.2, 0) is 9.84 Å². The lowest BCUT2D eigenvalue weighted by atomic mass is 10.1. The van der Waals surface area contributed by atoms with Gasteiger partial charge >= 0.3 is 0 Å². The second-order valence-electron chi connectivity index (χ2n) is 4.88. The molecule has 1 aromatic carbocycles. The molecule has 6 heteroatoms. The molecule has 4 nitrogen and oxygen atoms in total. The number of nitrogens with zero attached hydrogens (tertiary/aromatic N) is 1. The summed E-state index contributed by atoms with van der Waals surface area (Å²) in [6.07, 6.45) is 0. The highest BCUT2D eigenvalue weighted by Gasteiger charge is 2.42. The first-order valence-corrected chi connectivity index (χ1v) is 8.63. The van der Waals surface area contributed by atoms with E-state index in [1.165, 1.54) is 0 Å². The lowest BCUT2D eigenvalue weighted by Crippen LogP contribution is -2.57. The van der Waals surface area contributed by atoms with Gasteiger partial charge in [0, 0.05) is 29.3 Å². The van der Waals surface area contributed by atoms with E-state index in [0.29, 0.717) is 0 Å². The average Bonchev–Trinajstić information content (AvgIpc) is 2.62. The SMILES string of the molecule is O=S1(=O)CC2NCCN(c3cccc(Br)c3)C2C1. The molecular weight excluding hydrogens is 316 g/mol. The van der Waals surface area contributed by atoms with Crippen molar-refractivity contribution in [1.29, 1.82) is 0 Å². The van der Waals surface area contributed by atoms with Gasteiger partial charge in [-0.1, -0.05) is 22.0 Å². The number of sulfone groups is 1. The third kappa shape index (κ3) is 2.29. The van der Waals surface area contributed by atoms with Crippen molar-refractivity contribution < 1.29 is 8.42 Å². The van der Waals surface area contributed by atoms with Crippen LogP contribution in [0, 0.1) is 0 Å². The molecule has 0 radical (unpaired) electrons. The minimum atomic E-state index is -2.90. The summed E-state index contributed by atoms with van der Waals surface area (Å²) in [4.78, 5) is 2.22. The van der Waals surface area contributed by atoms with Gasteiger partial charge in [-0.15, -0.1) is 0 Å². The van der Waals surface area contributed by atoms with Gasteiger partial charge in [-0.3, -0.25) is 0 Å². The highest BCUT2D eigenvalue weighted by molar-refractivity contribution is 9.10. The Bertz CT molecular complexity index is 561. The monoisotopic (exact) mass is 330 g/mol. The van der Waals surface area contributed by atoms with E-state index in [9.17, 15) is 8.42 Å². The molecule has 2 aliphatic rings. The molecule has 0 spiro atoms. The molecule has 0 aliphatic carbocycles. The zero-order valence-corrected chi connectivity index (χ0v) is 12.2. The fraction of sp³-hybridized carbons (Fsp3) is 0.500. The summed E-state index contributed by atoms with van der Waals surface area (Å²) >= 11 is 3.46. The van der Waals surface area contributed by atoms with Crippen LogP contribution in [0.15, 0.2) is 28.7 Å². The van der Waals surface area contributed by atoms with E-state index in [0.717, 1.165) is 23.2 Å². The number of rotatable bonds is 1. The van der Waals surface area contributed by atoms with Crippen LogP contribution in [0.3, 0.4) is 0 Å². The summed E-state index contributed by atoms with van der Waals surface area (Å²) in [6, 6.07) is 8.20. The van der Waals surface area contributed by atoms with Crippen LogP contribution in [0.5, 0.6) is 0 Å². The molecule has 0 amide bonds. The molecule has 98 valence electrons. The van der Waals surface area contributed by atoms with Crippen LogP contribution in [0.25, 0.3) is 0 Å². The molecule has 2 heterocycles. The van der Waals surface area contributed by atoms with Crippen LogP contribution in [0.2, 0.25) is 0 Å². The van der Waals surface area contributed by atoms with Gasteiger partial charge in [-0.25, -0.2) is 8.42 Å². The van der Waals surface area contributed by atoms with Crippen molar-refractivity contribution >= 4 is 31.5 Å². The maximum absolute atomic E-state index is 11.8. The first-order valence-electron chi connectivity index (χ1n) is 6.01. The number of piperazine rings is 1. The van der Waals surface area contributed by atoms with Gasteiger partial charge in [0.2, 0.25) is 0 Å². The normalized spacial score (nSPS) is 30.2. The topological polar surface area (TPSA) is 49.4 Å². The van der Waals surface area contributed by atoms with E-state index in [2.05, 4.69) is 26.1 Å². The van der Waals surface area contributed by atoms with Gasteiger partial charge in [0.15, 0.2) is 9.84 Å². The molecule has 2 aliphatic heterocycles. The first kappa shape index (κ1) is 12.4. The molecule has 2 saturated heterocycles. The minimum Gasteiger partial charge on any atom is -0.365 e. The van der Waals surface area contributed by atoms with Gasteiger partial charge in [0.1, 0.15) is 0 Å².